The Morgan fingerprint density at radius 2 is 1.56 bits per heavy atom. The molecule has 1 saturated carbocycles. The quantitative estimate of drug-likeness (QED) is 0.854. The molecular formula is C18H21FN6. The van der Waals surface area contributed by atoms with Crippen LogP contribution in [0.3, 0.4) is 0 Å². The van der Waals surface area contributed by atoms with Crippen molar-refractivity contribution in [2.24, 2.45) is 11.8 Å². The van der Waals surface area contributed by atoms with Gasteiger partial charge in [0.15, 0.2) is 5.82 Å². The van der Waals surface area contributed by atoms with Crippen LogP contribution < -0.4 is 9.80 Å². The first-order valence-electron chi connectivity index (χ1n) is 9.05. The Morgan fingerprint density at radius 3 is 2.20 bits per heavy atom. The van der Waals surface area contributed by atoms with Gasteiger partial charge in [0.25, 0.3) is 0 Å². The highest BCUT2D eigenvalue weighted by Gasteiger charge is 2.41. The number of aromatic nitrogens is 4. The van der Waals surface area contributed by atoms with Crippen molar-refractivity contribution >= 4 is 11.8 Å². The maximum atomic E-state index is 13.0. The van der Waals surface area contributed by atoms with Gasteiger partial charge in [-0.1, -0.05) is 6.42 Å². The van der Waals surface area contributed by atoms with Gasteiger partial charge in [-0.3, -0.25) is 0 Å². The molecule has 2 unspecified atom stereocenters. The molecule has 0 radical (unpaired) electrons. The van der Waals surface area contributed by atoms with Crippen LogP contribution in [0.25, 0.3) is 0 Å². The third kappa shape index (κ3) is 2.71. The highest BCUT2D eigenvalue weighted by molar-refractivity contribution is 5.43. The second-order valence-corrected chi connectivity index (χ2v) is 7.46. The topological polar surface area (TPSA) is 58.0 Å². The van der Waals surface area contributed by atoms with E-state index in [1.165, 1.54) is 37.4 Å². The molecule has 0 spiro atoms. The summed E-state index contributed by atoms with van der Waals surface area (Å²) in [5.74, 6) is 3.11. The molecule has 5 rings (SSSR count). The average molecular weight is 340 g/mol. The van der Waals surface area contributed by atoms with Crippen LogP contribution in [0.1, 0.15) is 30.9 Å². The summed E-state index contributed by atoms with van der Waals surface area (Å²) >= 11 is 0. The summed E-state index contributed by atoms with van der Waals surface area (Å²) < 4.78 is 13.0. The minimum absolute atomic E-state index is 0.389. The number of halogens is 1. The van der Waals surface area contributed by atoms with Gasteiger partial charge in [0.2, 0.25) is 5.95 Å². The standard InChI is InChI=1S/C18H21FN6/c19-15-5-20-18(21-6-15)25-9-13-7-24(8-14(13)10-25)17-4-16(22-11-23-17)12-2-1-3-12/h4-6,11-14H,1-3,7-10H2. The first kappa shape index (κ1) is 15.0. The monoisotopic (exact) mass is 340 g/mol. The molecule has 3 aliphatic rings. The lowest BCUT2D eigenvalue weighted by Gasteiger charge is -2.26. The average Bonchev–Trinajstić information content (AvgIpc) is 3.13. The molecular weight excluding hydrogens is 319 g/mol. The van der Waals surface area contributed by atoms with Gasteiger partial charge < -0.3 is 9.80 Å². The molecule has 0 amide bonds. The lowest BCUT2D eigenvalue weighted by molar-refractivity contribution is 0.410. The Hall–Kier alpha value is -2.31. The van der Waals surface area contributed by atoms with E-state index in [1.54, 1.807) is 6.33 Å². The van der Waals surface area contributed by atoms with Gasteiger partial charge in [-0.15, -0.1) is 0 Å². The third-order valence-corrected chi connectivity index (χ3v) is 5.90. The van der Waals surface area contributed by atoms with E-state index in [2.05, 4.69) is 35.8 Å². The van der Waals surface area contributed by atoms with Crippen molar-refractivity contribution in [3.63, 3.8) is 0 Å². The fourth-order valence-electron chi connectivity index (χ4n) is 4.27. The van der Waals surface area contributed by atoms with Gasteiger partial charge >= 0.3 is 0 Å². The molecule has 0 aromatic carbocycles. The molecule has 2 atom stereocenters. The molecule has 25 heavy (non-hydrogen) atoms. The van der Waals surface area contributed by atoms with E-state index >= 15 is 0 Å². The normalized spacial score (nSPS) is 26.0. The molecule has 1 aliphatic carbocycles. The van der Waals surface area contributed by atoms with Gasteiger partial charge in [-0.25, -0.2) is 24.3 Å². The molecule has 2 saturated heterocycles. The SMILES string of the molecule is Fc1cnc(N2CC3CN(c4cc(C5CCC5)ncn4)CC3C2)nc1. The molecule has 4 heterocycles. The molecule has 7 heteroatoms. The number of nitrogens with zero attached hydrogens (tertiary/aromatic N) is 6. The fourth-order valence-corrected chi connectivity index (χ4v) is 4.27. The summed E-state index contributed by atoms with van der Waals surface area (Å²) in [6.45, 7) is 3.85. The van der Waals surface area contributed by atoms with E-state index in [0.29, 0.717) is 23.7 Å². The molecule has 3 fully saturated rings. The van der Waals surface area contributed by atoms with Crippen molar-refractivity contribution in [1.82, 2.24) is 19.9 Å². The minimum atomic E-state index is -0.389. The van der Waals surface area contributed by atoms with Crippen LogP contribution in [-0.2, 0) is 0 Å². The fraction of sp³-hybridized carbons (Fsp3) is 0.556. The summed E-state index contributed by atoms with van der Waals surface area (Å²) in [6.07, 6.45) is 8.04. The number of rotatable bonds is 3. The van der Waals surface area contributed by atoms with Gasteiger partial charge in [-0.05, 0) is 12.8 Å². The van der Waals surface area contributed by atoms with Crippen LogP contribution in [0.4, 0.5) is 16.2 Å². The zero-order valence-electron chi connectivity index (χ0n) is 14.1. The molecule has 2 aromatic heterocycles. The number of hydrogen-bond acceptors (Lipinski definition) is 6. The minimum Gasteiger partial charge on any atom is -0.356 e. The zero-order chi connectivity index (χ0) is 16.8. The van der Waals surface area contributed by atoms with E-state index in [1.807, 2.05) is 0 Å². The van der Waals surface area contributed by atoms with E-state index < -0.39 is 0 Å². The molecule has 6 nitrogen and oxygen atoms in total. The van der Waals surface area contributed by atoms with Crippen molar-refractivity contribution < 1.29 is 4.39 Å². The summed E-state index contributed by atoms with van der Waals surface area (Å²) in [6, 6.07) is 2.19. The Morgan fingerprint density at radius 1 is 0.880 bits per heavy atom. The third-order valence-electron chi connectivity index (χ3n) is 5.90. The first-order valence-corrected chi connectivity index (χ1v) is 9.05. The van der Waals surface area contributed by atoms with Crippen LogP contribution in [0.2, 0.25) is 0 Å². The summed E-state index contributed by atoms with van der Waals surface area (Å²) in [4.78, 5) is 21.8. The van der Waals surface area contributed by atoms with Crippen LogP contribution in [0.15, 0.2) is 24.8 Å². The Bertz CT molecular complexity index is 748. The van der Waals surface area contributed by atoms with Crippen LogP contribution in [0.5, 0.6) is 0 Å². The smallest absolute Gasteiger partial charge is 0.225 e. The van der Waals surface area contributed by atoms with Crippen LogP contribution in [0, 0.1) is 17.7 Å². The van der Waals surface area contributed by atoms with Crippen LogP contribution >= 0.6 is 0 Å². The van der Waals surface area contributed by atoms with Crippen molar-refractivity contribution in [2.75, 3.05) is 36.0 Å². The Kier molecular flexibility index (Phi) is 3.53. The Balaban J connectivity index is 1.27. The predicted molar refractivity (Wildman–Crippen MR) is 92.0 cm³/mol. The van der Waals surface area contributed by atoms with Crippen molar-refractivity contribution in [3.05, 3.63) is 36.3 Å². The number of hydrogen-bond donors (Lipinski definition) is 0. The first-order chi connectivity index (χ1) is 12.3. The van der Waals surface area contributed by atoms with E-state index in [0.717, 1.165) is 32.0 Å². The summed E-state index contributed by atoms with van der Waals surface area (Å²) in [5.41, 5.74) is 1.20. The van der Waals surface area contributed by atoms with Crippen molar-refractivity contribution in [2.45, 2.75) is 25.2 Å². The lowest BCUT2D eigenvalue weighted by Crippen LogP contribution is -2.30. The highest BCUT2D eigenvalue weighted by atomic mass is 19.1. The lowest BCUT2D eigenvalue weighted by atomic mass is 9.83. The maximum absolute atomic E-state index is 13.0. The predicted octanol–water partition coefficient (Wildman–Crippen LogP) is 2.25. The maximum Gasteiger partial charge on any atom is 0.225 e. The number of anilines is 2. The van der Waals surface area contributed by atoms with E-state index in [9.17, 15) is 4.39 Å². The largest absolute Gasteiger partial charge is 0.356 e. The second-order valence-electron chi connectivity index (χ2n) is 7.46. The van der Waals surface area contributed by atoms with Gasteiger partial charge in [0.05, 0.1) is 12.4 Å². The van der Waals surface area contributed by atoms with Gasteiger partial charge in [-0.2, -0.15) is 0 Å². The Labute approximate surface area is 146 Å². The molecule has 2 aromatic rings. The highest BCUT2D eigenvalue weighted by Crippen LogP contribution is 2.38. The zero-order valence-corrected chi connectivity index (χ0v) is 14.1. The van der Waals surface area contributed by atoms with E-state index in [4.69, 9.17) is 0 Å². The van der Waals surface area contributed by atoms with Gasteiger partial charge in [0.1, 0.15) is 12.1 Å². The van der Waals surface area contributed by atoms with Crippen molar-refractivity contribution in [1.29, 1.82) is 0 Å². The summed E-state index contributed by atoms with van der Waals surface area (Å²) in [7, 11) is 0. The molecule has 130 valence electrons. The van der Waals surface area contributed by atoms with Crippen LogP contribution in [-0.4, -0.2) is 46.1 Å². The summed E-state index contributed by atoms with van der Waals surface area (Å²) in [5, 5.41) is 0. The molecule has 0 N–H and O–H groups in total. The van der Waals surface area contributed by atoms with E-state index in [-0.39, 0.29) is 5.82 Å². The second kappa shape index (κ2) is 5.89. The van der Waals surface area contributed by atoms with Gasteiger partial charge in [0, 0.05) is 55.7 Å². The molecule has 0 bridgehead atoms. The van der Waals surface area contributed by atoms with Crippen molar-refractivity contribution in [3.8, 4) is 0 Å². The molecule has 2 aliphatic heterocycles. The number of fused-ring (bicyclic) bond motifs is 1.